The number of aryl methyl sites for hydroxylation is 1. The van der Waals surface area contributed by atoms with E-state index in [1.807, 2.05) is 36.1 Å². The summed E-state index contributed by atoms with van der Waals surface area (Å²) in [6.07, 6.45) is 2.82. The number of nitrogens with zero attached hydrogens (tertiary/aromatic N) is 3. The van der Waals surface area contributed by atoms with E-state index in [-0.39, 0.29) is 23.2 Å². The number of halogens is 1. The number of methoxy groups -OCH3 is 1. The molecule has 2 fully saturated rings. The van der Waals surface area contributed by atoms with Crippen LogP contribution in [0.1, 0.15) is 35.2 Å². The first-order valence-electron chi connectivity index (χ1n) is 11.2. The highest BCUT2D eigenvalue weighted by molar-refractivity contribution is 7.89. The first kappa shape index (κ1) is 25.3. The molecule has 7 nitrogen and oxygen atoms in total. The van der Waals surface area contributed by atoms with Gasteiger partial charge in [-0.05, 0) is 49.6 Å². The fraction of sp³-hybridized carbons (Fsp3) is 0.458. The number of piperidine rings is 1. The molecule has 2 aromatic carbocycles. The number of carbonyl (C=O) groups is 1. The van der Waals surface area contributed by atoms with Gasteiger partial charge >= 0.3 is 0 Å². The number of amides is 1. The third-order valence-corrected chi connectivity index (χ3v) is 8.28. The lowest BCUT2D eigenvalue weighted by molar-refractivity contribution is -0.0000195. The predicted molar refractivity (Wildman–Crippen MR) is 125 cm³/mol. The normalized spacial score (nSPS) is 17.4. The molecule has 0 unspecified atom stereocenters. The number of hydrogen-bond acceptors (Lipinski definition) is 5. The lowest BCUT2D eigenvalue weighted by Gasteiger charge is -2.37. The van der Waals surface area contributed by atoms with E-state index in [9.17, 15) is 13.2 Å². The predicted octanol–water partition coefficient (Wildman–Crippen LogP) is 0.145. The van der Waals surface area contributed by atoms with Crippen molar-refractivity contribution in [3.63, 3.8) is 0 Å². The van der Waals surface area contributed by atoms with Gasteiger partial charge in [-0.15, -0.1) is 0 Å². The molecule has 2 heterocycles. The van der Waals surface area contributed by atoms with Gasteiger partial charge in [-0.3, -0.25) is 4.79 Å². The maximum absolute atomic E-state index is 13.3. The number of rotatable bonds is 5. The summed E-state index contributed by atoms with van der Waals surface area (Å²) in [5.41, 5.74) is 2.28. The minimum Gasteiger partial charge on any atom is -1.00 e. The zero-order valence-corrected chi connectivity index (χ0v) is 20.7. The lowest BCUT2D eigenvalue weighted by Crippen LogP contribution is -3.00. The average Bonchev–Trinajstić information content (AvgIpc) is 2.84. The molecule has 4 rings (SSSR count). The molecule has 0 aromatic heterocycles. The van der Waals surface area contributed by atoms with Crippen LogP contribution in [0.25, 0.3) is 0 Å². The number of benzene rings is 2. The Morgan fingerprint density at radius 3 is 2.24 bits per heavy atom. The second-order valence-electron chi connectivity index (χ2n) is 8.39. The van der Waals surface area contributed by atoms with E-state index in [4.69, 9.17) is 4.74 Å². The number of ether oxygens (including phenoxy) is 1. The van der Waals surface area contributed by atoms with Crippen molar-refractivity contribution in [2.45, 2.75) is 31.1 Å². The maximum atomic E-state index is 13.3. The highest BCUT2D eigenvalue weighted by Gasteiger charge is 2.29. The van der Waals surface area contributed by atoms with Crippen LogP contribution < -0.4 is 22.0 Å². The third kappa shape index (κ3) is 5.28. The molecule has 0 saturated carbocycles. The van der Waals surface area contributed by atoms with Crippen LogP contribution in [0.5, 0.6) is 5.75 Å². The molecule has 1 amide bonds. The summed E-state index contributed by atoms with van der Waals surface area (Å²) in [4.78, 5) is 17.6. The molecule has 180 valence electrons. The first-order chi connectivity index (χ1) is 15.4. The Kier molecular flexibility index (Phi) is 8.26. The van der Waals surface area contributed by atoms with Crippen LogP contribution in [0.4, 0.5) is 5.69 Å². The summed E-state index contributed by atoms with van der Waals surface area (Å²) in [5.74, 6) is 0.705. The van der Waals surface area contributed by atoms with Gasteiger partial charge in [0.2, 0.25) is 10.0 Å². The van der Waals surface area contributed by atoms with Crippen molar-refractivity contribution < 1.29 is 30.4 Å². The Bertz CT molecular complexity index is 1080. The van der Waals surface area contributed by atoms with Gasteiger partial charge in [0, 0.05) is 44.8 Å². The summed E-state index contributed by atoms with van der Waals surface area (Å²) < 4.78 is 33.2. The summed E-state index contributed by atoms with van der Waals surface area (Å²) in [6.45, 7) is 5.47. The number of piperazine rings is 1. The number of sulfonamides is 1. The van der Waals surface area contributed by atoms with Gasteiger partial charge < -0.3 is 26.9 Å². The third-order valence-electron chi connectivity index (χ3n) is 6.38. The molecule has 0 spiro atoms. The quantitative estimate of drug-likeness (QED) is 0.594. The van der Waals surface area contributed by atoms with Crippen molar-refractivity contribution in [3.8, 4) is 5.75 Å². The van der Waals surface area contributed by atoms with Crippen LogP contribution in [-0.2, 0) is 10.0 Å². The lowest BCUT2D eigenvalue weighted by atomic mass is 10.1. The van der Waals surface area contributed by atoms with E-state index in [2.05, 4.69) is 4.90 Å². The monoisotopic (exact) mass is 492 g/mol. The van der Waals surface area contributed by atoms with Gasteiger partial charge in [-0.1, -0.05) is 24.6 Å². The molecule has 2 aliphatic rings. The van der Waals surface area contributed by atoms with Crippen LogP contribution in [-0.4, -0.2) is 69.9 Å². The number of carbonyl (C=O) groups excluding carboxylic acids is 1. The van der Waals surface area contributed by atoms with E-state index in [0.717, 1.165) is 36.3 Å². The number of anilines is 1. The maximum Gasteiger partial charge on any atom is 0.254 e. The summed E-state index contributed by atoms with van der Waals surface area (Å²) in [7, 11) is -1.92. The van der Waals surface area contributed by atoms with Crippen LogP contribution in [0.15, 0.2) is 47.4 Å². The van der Waals surface area contributed by atoms with Crippen molar-refractivity contribution in [1.29, 1.82) is 0 Å². The van der Waals surface area contributed by atoms with Crippen molar-refractivity contribution >= 4 is 21.6 Å². The topological polar surface area (TPSA) is 70.2 Å². The second-order valence-corrected chi connectivity index (χ2v) is 10.3. The molecular formula is C24H31ClN3O4S-. The van der Waals surface area contributed by atoms with E-state index < -0.39 is 10.0 Å². The molecule has 2 aliphatic heterocycles. The van der Waals surface area contributed by atoms with Gasteiger partial charge in [0.15, 0.2) is 0 Å². The Morgan fingerprint density at radius 1 is 0.909 bits per heavy atom. The van der Waals surface area contributed by atoms with Gasteiger partial charge in [-0.2, -0.15) is 4.31 Å². The van der Waals surface area contributed by atoms with E-state index >= 15 is 0 Å². The fourth-order valence-electron chi connectivity index (χ4n) is 4.46. The van der Waals surface area contributed by atoms with E-state index in [0.29, 0.717) is 44.8 Å². The van der Waals surface area contributed by atoms with Crippen LogP contribution in [0.2, 0.25) is 0 Å². The standard InChI is InChI=1S/C24H31N3O4S.ClH/c1-19-10-11-20(32(29,30)27-12-6-3-7-13-27)18-21(19)24(28)26-16-14-25(15-17-26)22-8-4-5-9-23(22)31-2;/h4-5,8-11,18H,3,6-7,12-17H2,1-2H3;1H/p-1. The molecule has 2 saturated heterocycles. The summed E-state index contributed by atoms with van der Waals surface area (Å²) >= 11 is 0. The minimum atomic E-state index is -3.58. The zero-order chi connectivity index (χ0) is 22.7. The van der Waals surface area contributed by atoms with Gasteiger partial charge in [0.05, 0.1) is 17.7 Å². The molecule has 0 N–H and O–H groups in total. The minimum absolute atomic E-state index is 0. The first-order valence-corrected chi connectivity index (χ1v) is 12.6. The Hall–Kier alpha value is -2.29. The second kappa shape index (κ2) is 10.8. The molecule has 33 heavy (non-hydrogen) atoms. The molecule has 0 atom stereocenters. The fourth-order valence-corrected chi connectivity index (χ4v) is 6.00. The molecule has 0 aliphatic carbocycles. The van der Waals surface area contributed by atoms with Crippen molar-refractivity contribution in [2.24, 2.45) is 0 Å². The highest BCUT2D eigenvalue weighted by Crippen LogP contribution is 2.29. The largest absolute Gasteiger partial charge is 1.00 e. The van der Waals surface area contributed by atoms with Crippen molar-refractivity contribution in [1.82, 2.24) is 9.21 Å². The van der Waals surface area contributed by atoms with E-state index in [1.54, 1.807) is 29.6 Å². The van der Waals surface area contributed by atoms with Gasteiger partial charge in [0.25, 0.3) is 5.91 Å². The molecule has 0 bridgehead atoms. The molecule has 2 aromatic rings. The zero-order valence-electron chi connectivity index (χ0n) is 19.2. The SMILES string of the molecule is COc1ccccc1N1CCN(C(=O)c2cc(S(=O)(=O)N3CCCCC3)ccc2C)CC1.[Cl-]. The Balaban J connectivity index is 0.00000306. The van der Waals surface area contributed by atoms with E-state index in [1.165, 1.54) is 0 Å². The molecule has 9 heteroatoms. The molecule has 0 radical (unpaired) electrons. The van der Waals surface area contributed by atoms with Crippen LogP contribution >= 0.6 is 0 Å². The highest BCUT2D eigenvalue weighted by atomic mass is 35.5. The molecular weight excluding hydrogens is 462 g/mol. The number of para-hydroxylation sites is 2. The van der Waals surface area contributed by atoms with Gasteiger partial charge in [0.1, 0.15) is 5.75 Å². The summed E-state index contributed by atoms with van der Waals surface area (Å²) in [6, 6.07) is 12.8. The Labute approximate surface area is 202 Å². The van der Waals surface area contributed by atoms with Crippen molar-refractivity contribution in [3.05, 3.63) is 53.6 Å². The smallest absolute Gasteiger partial charge is 0.254 e. The van der Waals surface area contributed by atoms with Crippen LogP contribution in [0.3, 0.4) is 0 Å². The average molecular weight is 493 g/mol. The van der Waals surface area contributed by atoms with Crippen LogP contribution in [0, 0.1) is 6.92 Å². The Morgan fingerprint density at radius 2 is 1.58 bits per heavy atom. The number of hydrogen-bond donors (Lipinski definition) is 0. The van der Waals surface area contributed by atoms with Gasteiger partial charge in [-0.25, -0.2) is 8.42 Å². The summed E-state index contributed by atoms with van der Waals surface area (Å²) in [5, 5.41) is 0. The van der Waals surface area contributed by atoms with Crippen molar-refractivity contribution in [2.75, 3.05) is 51.3 Å².